The molecule has 0 aromatic heterocycles. The first-order chi connectivity index (χ1) is 8.96. The standard InChI is InChI=1S/C15H17BrFNO/c1-14(17)4-6-15(7-5-14)9-18(10-19)13-3-2-11(16)8-12(13)15/h2-3,8,10H,4-7,9H2,1H3. The van der Waals surface area contributed by atoms with Crippen molar-refractivity contribution in [3.8, 4) is 0 Å². The van der Waals surface area contributed by atoms with Crippen LogP contribution in [-0.2, 0) is 10.2 Å². The van der Waals surface area contributed by atoms with E-state index in [0.29, 0.717) is 19.4 Å². The molecule has 1 saturated carbocycles. The van der Waals surface area contributed by atoms with Crippen molar-refractivity contribution < 1.29 is 9.18 Å². The number of alkyl halides is 1. The minimum absolute atomic E-state index is 0.0500. The van der Waals surface area contributed by atoms with Gasteiger partial charge >= 0.3 is 0 Å². The molecule has 1 aromatic rings. The first-order valence-corrected chi connectivity index (χ1v) is 7.46. The summed E-state index contributed by atoms with van der Waals surface area (Å²) >= 11 is 3.50. The van der Waals surface area contributed by atoms with E-state index in [1.165, 1.54) is 5.56 Å². The van der Waals surface area contributed by atoms with Gasteiger partial charge in [-0.1, -0.05) is 15.9 Å². The molecule has 1 amide bonds. The monoisotopic (exact) mass is 325 g/mol. The van der Waals surface area contributed by atoms with E-state index in [4.69, 9.17) is 0 Å². The SMILES string of the molecule is CC1(F)CCC2(CC1)CN(C=O)c1ccc(Br)cc12. The minimum atomic E-state index is -1.05. The van der Waals surface area contributed by atoms with Gasteiger partial charge in [-0.3, -0.25) is 4.79 Å². The summed E-state index contributed by atoms with van der Waals surface area (Å²) in [5, 5.41) is 0. The van der Waals surface area contributed by atoms with Crippen molar-refractivity contribution >= 4 is 28.0 Å². The molecule has 1 aliphatic carbocycles. The van der Waals surface area contributed by atoms with Gasteiger partial charge in [-0.15, -0.1) is 0 Å². The van der Waals surface area contributed by atoms with Crippen LogP contribution in [0, 0.1) is 0 Å². The van der Waals surface area contributed by atoms with Gasteiger partial charge in [-0.05, 0) is 56.4 Å². The number of carbonyl (C=O) groups is 1. The van der Waals surface area contributed by atoms with Crippen LogP contribution in [0.25, 0.3) is 0 Å². The fourth-order valence-electron chi connectivity index (χ4n) is 3.45. The molecule has 0 unspecified atom stereocenters. The van der Waals surface area contributed by atoms with Crippen molar-refractivity contribution in [1.82, 2.24) is 0 Å². The average molecular weight is 326 g/mol. The average Bonchev–Trinajstić information content (AvgIpc) is 2.68. The Bertz CT molecular complexity index is 519. The van der Waals surface area contributed by atoms with Crippen molar-refractivity contribution in [3.05, 3.63) is 28.2 Å². The molecule has 2 aliphatic rings. The molecule has 4 heteroatoms. The molecule has 1 spiro atoms. The Balaban J connectivity index is 2.02. The number of hydrogen-bond donors (Lipinski definition) is 0. The van der Waals surface area contributed by atoms with E-state index >= 15 is 0 Å². The lowest BCUT2D eigenvalue weighted by Crippen LogP contribution is -2.40. The van der Waals surface area contributed by atoms with Crippen molar-refractivity contribution in [2.24, 2.45) is 0 Å². The Morgan fingerprint density at radius 1 is 1.32 bits per heavy atom. The van der Waals surface area contributed by atoms with Crippen LogP contribution >= 0.6 is 15.9 Å². The molecule has 2 nitrogen and oxygen atoms in total. The number of fused-ring (bicyclic) bond motifs is 2. The summed E-state index contributed by atoms with van der Waals surface area (Å²) in [6.45, 7) is 2.38. The molecular weight excluding hydrogens is 309 g/mol. The minimum Gasteiger partial charge on any atom is -0.314 e. The van der Waals surface area contributed by atoms with Gasteiger partial charge in [0.2, 0.25) is 6.41 Å². The summed E-state index contributed by atoms with van der Waals surface area (Å²) in [6.07, 6.45) is 3.67. The van der Waals surface area contributed by atoms with E-state index < -0.39 is 5.67 Å². The van der Waals surface area contributed by atoms with Gasteiger partial charge in [0.25, 0.3) is 0 Å². The largest absolute Gasteiger partial charge is 0.314 e. The van der Waals surface area contributed by atoms with E-state index in [-0.39, 0.29) is 5.41 Å². The molecule has 0 saturated heterocycles. The second-order valence-electron chi connectivity index (χ2n) is 6.09. The number of benzene rings is 1. The van der Waals surface area contributed by atoms with Gasteiger partial charge in [0.05, 0.1) is 0 Å². The summed E-state index contributed by atoms with van der Waals surface area (Å²) in [5.74, 6) is 0. The van der Waals surface area contributed by atoms with Crippen LogP contribution in [0.4, 0.5) is 10.1 Å². The molecule has 1 heterocycles. The Labute approximate surface area is 121 Å². The molecule has 102 valence electrons. The van der Waals surface area contributed by atoms with Gasteiger partial charge in [0, 0.05) is 22.1 Å². The van der Waals surface area contributed by atoms with Gasteiger partial charge in [0.15, 0.2) is 0 Å². The van der Waals surface area contributed by atoms with Crippen molar-refractivity contribution in [1.29, 1.82) is 0 Å². The summed E-state index contributed by atoms with van der Waals surface area (Å²) in [7, 11) is 0. The third kappa shape index (κ3) is 2.10. The molecule has 0 radical (unpaired) electrons. The molecule has 1 aromatic carbocycles. The number of nitrogens with zero attached hydrogens (tertiary/aromatic N) is 1. The topological polar surface area (TPSA) is 20.3 Å². The van der Waals surface area contributed by atoms with Crippen molar-refractivity contribution in [2.75, 3.05) is 11.4 Å². The summed E-state index contributed by atoms with van der Waals surface area (Å²) in [5.41, 5.74) is 1.09. The smallest absolute Gasteiger partial charge is 0.214 e. The lowest BCUT2D eigenvalue weighted by Gasteiger charge is -2.39. The highest BCUT2D eigenvalue weighted by Crippen LogP contribution is 2.51. The second-order valence-corrected chi connectivity index (χ2v) is 7.00. The maximum atomic E-state index is 14.0. The van der Waals surface area contributed by atoms with Crippen LogP contribution in [0.1, 0.15) is 38.2 Å². The van der Waals surface area contributed by atoms with Gasteiger partial charge in [0.1, 0.15) is 5.67 Å². The first-order valence-electron chi connectivity index (χ1n) is 6.67. The predicted molar refractivity (Wildman–Crippen MR) is 77.2 cm³/mol. The van der Waals surface area contributed by atoms with E-state index in [0.717, 1.165) is 29.4 Å². The summed E-state index contributed by atoms with van der Waals surface area (Å²) in [4.78, 5) is 13.0. The van der Waals surface area contributed by atoms with Gasteiger partial charge < -0.3 is 4.90 Å². The van der Waals surface area contributed by atoms with Crippen molar-refractivity contribution in [2.45, 2.75) is 43.7 Å². The Kier molecular flexibility index (Phi) is 2.97. The maximum absolute atomic E-state index is 14.0. The number of carbonyl (C=O) groups excluding carboxylic acids is 1. The van der Waals surface area contributed by atoms with Crippen LogP contribution < -0.4 is 4.90 Å². The molecule has 19 heavy (non-hydrogen) atoms. The predicted octanol–water partition coefficient (Wildman–Crippen LogP) is 3.97. The fraction of sp³-hybridized carbons (Fsp3) is 0.533. The molecule has 0 bridgehead atoms. The quantitative estimate of drug-likeness (QED) is 0.715. The molecular formula is C15H17BrFNO. The lowest BCUT2D eigenvalue weighted by atomic mass is 9.67. The number of amides is 1. The summed E-state index contributed by atoms with van der Waals surface area (Å²) in [6, 6.07) is 6.03. The van der Waals surface area contributed by atoms with Crippen molar-refractivity contribution in [3.63, 3.8) is 0 Å². The highest BCUT2D eigenvalue weighted by Gasteiger charge is 2.47. The normalized spacial score (nSPS) is 33.5. The lowest BCUT2D eigenvalue weighted by molar-refractivity contribution is -0.107. The summed E-state index contributed by atoms with van der Waals surface area (Å²) < 4.78 is 15.1. The maximum Gasteiger partial charge on any atom is 0.214 e. The highest BCUT2D eigenvalue weighted by molar-refractivity contribution is 9.10. The van der Waals surface area contributed by atoms with Crippen LogP contribution in [0.3, 0.4) is 0 Å². The molecule has 0 N–H and O–H groups in total. The third-order valence-electron chi connectivity index (χ3n) is 4.69. The zero-order chi connectivity index (χ0) is 13.7. The highest BCUT2D eigenvalue weighted by atomic mass is 79.9. The van der Waals surface area contributed by atoms with E-state index in [1.807, 2.05) is 12.1 Å². The Hall–Kier alpha value is -0.900. The zero-order valence-electron chi connectivity index (χ0n) is 11.0. The number of rotatable bonds is 1. The van der Waals surface area contributed by atoms with E-state index in [2.05, 4.69) is 22.0 Å². The van der Waals surface area contributed by atoms with Crippen LogP contribution in [0.2, 0.25) is 0 Å². The fourth-order valence-corrected chi connectivity index (χ4v) is 3.81. The second kappa shape index (κ2) is 4.30. The zero-order valence-corrected chi connectivity index (χ0v) is 12.5. The number of halogens is 2. The van der Waals surface area contributed by atoms with Gasteiger partial charge in [-0.25, -0.2) is 4.39 Å². The first kappa shape index (κ1) is 13.1. The van der Waals surface area contributed by atoms with Crippen LogP contribution in [0.15, 0.2) is 22.7 Å². The Morgan fingerprint density at radius 3 is 2.63 bits per heavy atom. The number of hydrogen-bond acceptors (Lipinski definition) is 1. The van der Waals surface area contributed by atoms with E-state index in [1.54, 1.807) is 11.8 Å². The number of anilines is 1. The van der Waals surface area contributed by atoms with E-state index in [9.17, 15) is 9.18 Å². The van der Waals surface area contributed by atoms with Crippen LogP contribution in [0.5, 0.6) is 0 Å². The Morgan fingerprint density at radius 2 is 2.00 bits per heavy atom. The molecule has 0 atom stereocenters. The van der Waals surface area contributed by atoms with Crippen LogP contribution in [-0.4, -0.2) is 18.6 Å². The molecule has 3 rings (SSSR count). The van der Waals surface area contributed by atoms with Gasteiger partial charge in [-0.2, -0.15) is 0 Å². The molecule has 1 aliphatic heterocycles. The third-order valence-corrected chi connectivity index (χ3v) is 5.18. The molecule has 1 fully saturated rings.